The zero-order valence-electron chi connectivity index (χ0n) is 8.93. The number of halogens is 1. The zero-order valence-corrected chi connectivity index (χ0v) is 9.69. The Hall–Kier alpha value is -2.01. The predicted octanol–water partition coefficient (Wildman–Crippen LogP) is 1.27. The summed E-state index contributed by atoms with van der Waals surface area (Å²) < 4.78 is 1.56. The summed E-state index contributed by atoms with van der Waals surface area (Å²) in [4.78, 5) is 11.0. The lowest BCUT2D eigenvalue weighted by molar-refractivity contribution is 0.0995. The number of hydrogen-bond acceptors (Lipinski definition) is 3. The van der Waals surface area contributed by atoms with Crippen LogP contribution in [0.25, 0.3) is 0 Å². The van der Waals surface area contributed by atoms with Crippen LogP contribution in [0.1, 0.15) is 16.1 Å². The summed E-state index contributed by atoms with van der Waals surface area (Å²) in [6.07, 6.45) is 1.57. The van der Waals surface area contributed by atoms with Crippen molar-refractivity contribution in [3.05, 3.63) is 46.7 Å². The molecule has 0 fully saturated rings. The molecule has 0 spiro atoms. The minimum Gasteiger partial charge on any atom is -0.396 e. The third-order valence-corrected chi connectivity index (χ3v) is 2.49. The van der Waals surface area contributed by atoms with Crippen LogP contribution in [0.4, 0.5) is 5.69 Å². The quantitative estimate of drug-likeness (QED) is 0.860. The molecule has 0 saturated heterocycles. The molecule has 0 radical (unpaired) electrons. The van der Waals surface area contributed by atoms with Crippen LogP contribution < -0.4 is 11.5 Å². The number of amides is 1. The highest BCUT2D eigenvalue weighted by molar-refractivity contribution is 6.30. The van der Waals surface area contributed by atoms with Gasteiger partial charge in [-0.3, -0.25) is 9.48 Å². The van der Waals surface area contributed by atoms with Gasteiger partial charge in [0.1, 0.15) is 0 Å². The van der Waals surface area contributed by atoms with Gasteiger partial charge in [-0.15, -0.1) is 0 Å². The molecule has 0 unspecified atom stereocenters. The van der Waals surface area contributed by atoms with Crippen LogP contribution in [0.15, 0.2) is 30.5 Å². The molecule has 2 rings (SSSR count). The number of benzene rings is 1. The number of hydrogen-bond donors (Lipinski definition) is 2. The van der Waals surface area contributed by atoms with Crippen LogP contribution >= 0.6 is 11.6 Å². The number of nitrogen functional groups attached to an aromatic ring is 1. The van der Waals surface area contributed by atoms with E-state index in [1.165, 1.54) is 0 Å². The van der Waals surface area contributed by atoms with Crippen molar-refractivity contribution in [1.82, 2.24) is 9.78 Å². The van der Waals surface area contributed by atoms with Gasteiger partial charge in [-0.2, -0.15) is 5.10 Å². The fourth-order valence-electron chi connectivity index (χ4n) is 1.53. The van der Waals surface area contributed by atoms with Gasteiger partial charge in [0.2, 0.25) is 0 Å². The molecule has 0 atom stereocenters. The number of anilines is 1. The van der Waals surface area contributed by atoms with Gasteiger partial charge in [0.05, 0.1) is 12.2 Å². The van der Waals surface area contributed by atoms with Gasteiger partial charge < -0.3 is 11.5 Å². The van der Waals surface area contributed by atoms with E-state index in [0.29, 0.717) is 11.6 Å². The smallest absolute Gasteiger partial charge is 0.271 e. The molecule has 0 bridgehead atoms. The largest absolute Gasteiger partial charge is 0.396 e. The molecule has 17 heavy (non-hydrogen) atoms. The van der Waals surface area contributed by atoms with Crippen LogP contribution in [-0.2, 0) is 6.54 Å². The molecule has 4 N–H and O–H groups in total. The molecule has 0 aliphatic carbocycles. The summed E-state index contributed by atoms with van der Waals surface area (Å²) in [6, 6.07) is 7.37. The molecular weight excluding hydrogens is 240 g/mol. The van der Waals surface area contributed by atoms with E-state index in [4.69, 9.17) is 23.1 Å². The Labute approximate surface area is 103 Å². The van der Waals surface area contributed by atoms with Crippen molar-refractivity contribution in [2.45, 2.75) is 6.54 Å². The second kappa shape index (κ2) is 4.47. The minimum atomic E-state index is -0.632. The highest BCUT2D eigenvalue weighted by Gasteiger charge is 2.11. The third kappa shape index (κ3) is 2.57. The van der Waals surface area contributed by atoms with E-state index in [1.807, 2.05) is 18.2 Å². The van der Waals surface area contributed by atoms with Crippen LogP contribution in [0.5, 0.6) is 0 Å². The monoisotopic (exact) mass is 250 g/mol. The molecule has 1 heterocycles. The summed E-state index contributed by atoms with van der Waals surface area (Å²) >= 11 is 5.87. The maximum Gasteiger partial charge on any atom is 0.271 e. The van der Waals surface area contributed by atoms with Crippen molar-refractivity contribution in [3.8, 4) is 0 Å². The molecule has 1 aromatic carbocycles. The van der Waals surface area contributed by atoms with E-state index in [1.54, 1.807) is 16.9 Å². The molecule has 88 valence electrons. The lowest BCUT2D eigenvalue weighted by atomic mass is 10.2. The second-order valence-corrected chi connectivity index (χ2v) is 4.06. The number of carbonyl (C=O) groups excluding carboxylic acids is 1. The molecule has 0 aliphatic rings. The van der Waals surface area contributed by atoms with Gasteiger partial charge in [-0.1, -0.05) is 23.7 Å². The van der Waals surface area contributed by atoms with Crippen molar-refractivity contribution in [2.24, 2.45) is 5.73 Å². The first kappa shape index (κ1) is 11.5. The molecule has 1 amide bonds. The SMILES string of the molecule is NC(=O)c1nn(Cc2cccc(Cl)c2)cc1N. The van der Waals surface area contributed by atoms with Crippen molar-refractivity contribution in [1.29, 1.82) is 0 Å². The Morgan fingerprint density at radius 2 is 2.24 bits per heavy atom. The number of nitrogens with two attached hydrogens (primary N) is 2. The van der Waals surface area contributed by atoms with E-state index >= 15 is 0 Å². The van der Waals surface area contributed by atoms with Gasteiger partial charge >= 0.3 is 0 Å². The summed E-state index contributed by atoms with van der Waals surface area (Å²) in [5.74, 6) is -0.632. The van der Waals surface area contributed by atoms with E-state index in [-0.39, 0.29) is 11.4 Å². The van der Waals surface area contributed by atoms with Gasteiger partial charge in [0.15, 0.2) is 5.69 Å². The van der Waals surface area contributed by atoms with Crippen molar-refractivity contribution in [2.75, 3.05) is 5.73 Å². The Kier molecular flexibility index (Phi) is 3.01. The lowest BCUT2D eigenvalue weighted by Crippen LogP contribution is -2.14. The summed E-state index contributed by atoms with van der Waals surface area (Å²) in [7, 11) is 0. The first-order valence-corrected chi connectivity index (χ1v) is 5.31. The molecule has 6 heteroatoms. The topological polar surface area (TPSA) is 86.9 Å². The average Bonchev–Trinajstić information content (AvgIpc) is 2.59. The molecule has 0 aliphatic heterocycles. The third-order valence-electron chi connectivity index (χ3n) is 2.26. The second-order valence-electron chi connectivity index (χ2n) is 3.62. The fourth-order valence-corrected chi connectivity index (χ4v) is 1.74. The lowest BCUT2D eigenvalue weighted by Gasteiger charge is -2.01. The Balaban J connectivity index is 2.25. The van der Waals surface area contributed by atoms with Gasteiger partial charge in [0, 0.05) is 11.2 Å². The minimum absolute atomic E-state index is 0.0898. The maximum atomic E-state index is 11.0. The van der Waals surface area contributed by atoms with Gasteiger partial charge in [0.25, 0.3) is 5.91 Å². The Morgan fingerprint density at radius 1 is 1.47 bits per heavy atom. The standard InChI is InChI=1S/C11H11ClN4O/c12-8-3-1-2-7(4-8)5-16-6-9(13)10(15-16)11(14)17/h1-4,6H,5,13H2,(H2,14,17). The van der Waals surface area contributed by atoms with Gasteiger partial charge in [-0.25, -0.2) is 0 Å². The number of primary amides is 1. The molecule has 2 aromatic rings. The van der Waals surface area contributed by atoms with Crippen LogP contribution in [0.3, 0.4) is 0 Å². The van der Waals surface area contributed by atoms with E-state index < -0.39 is 5.91 Å². The number of carbonyl (C=O) groups is 1. The predicted molar refractivity (Wildman–Crippen MR) is 65.7 cm³/mol. The molecule has 5 nitrogen and oxygen atoms in total. The highest BCUT2D eigenvalue weighted by atomic mass is 35.5. The van der Waals surface area contributed by atoms with Crippen molar-refractivity contribution >= 4 is 23.2 Å². The van der Waals surface area contributed by atoms with E-state index in [0.717, 1.165) is 5.56 Å². The van der Waals surface area contributed by atoms with Gasteiger partial charge in [-0.05, 0) is 17.7 Å². The number of nitrogens with zero attached hydrogens (tertiary/aromatic N) is 2. The molecule has 0 saturated carbocycles. The van der Waals surface area contributed by atoms with E-state index in [9.17, 15) is 4.79 Å². The summed E-state index contributed by atoms with van der Waals surface area (Å²) in [5.41, 5.74) is 12.1. The fraction of sp³-hybridized carbons (Fsp3) is 0.0909. The number of aromatic nitrogens is 2. The first-order valence-electron chi connectivity index (χ1n) is 4.93. The Morgan fingerprint density at radius 3 is 2.82 bits per heavy atom. The van der Waals surface area contributed by atoms with E-state index in [2.05, 4.69) is 5.10 Å². The number of rotatable bonds is 3. The van der Waals surface area contributed by atoms with Crippen LogP contribution in [-0.4, -0.2) is 15.7 Å². The normalized spacial score (nSPS) is 10.4. The first-order chi connectivity index (χ1) is 8.06. The van der Waals surface area contributed by atoms with Crippen LogP contribution in [0, 0.1) is 0 Å². The van der Waals surface area contributed by atoms with Crippen molar-refractivity contribution < 1.29 is 4.79 Å². The van der Waals surface area contributed by atoms with Crippen LogP contribution in [0.2, 0.25) is 5.02 Å². The highest BCUT2D eigenvalue weighted by Crippen LogP contribution is 2.13. The zero-order chi connectivity index (χ0) is 12.4. The molecular formula is C11H11ClN4O. The summed E-state index contributed by atoms with van der Waals surface area (Å²) in [6.45, 7) is 0.484. The maximum absolute atomic E-state index is 11.0. The average molecular weight is 251 g/mol. The summed E-state index contributed by atoms with van der Waals surface area (Å²) in [5, 5.41) is 4.66. The molecule has 1 aromatic heterocycles. The van der Waals surface area contributed by atoms with Crippen molar-refractivity contribution in [3.63, 3.8) is 0 Å². The Bertz CT molecular complexity index is 564.